The van der Waals surface area contributed by atoms with Crippen LogP contribution < -0.4 is 5.32 Å². The van der Waals surface area contributed by atoms with Crippen LogP contribution >= 0.6 is 0 Å². The number of rotatable bonds is 5. The first-order valence-corrected chi connectivity index (χ1v) is 11.3. The molecule has 196 valence electrons. The van der Waals surface area contributed by atoms with Crippen LogP contribution in [0.3, 0.4) is 0 Å². The summed E-state index contributed by atoms with van der Waals surface area (Å²) in [4.78, 5) is 16.8. The van der Waals surface area contributed by atoms with Crippen LogP contribution in [-0.2, 0) is 11.6 Å². The molecule has 0 saturated heterocycles. The van der Waals surface area contributed by atoms with Crippen LogP contribution in [0.25, 0.3) is 11.6 Å². The Morgan fingerprint density at radius 1 is 1.03 bits per heavy atom. The molecule has 0 atom stereocenters. The van der Waals surface area contributed by atoms with Crippen LogP contribution in [0.1, 0.15) is 60.4 Å². The number of benzene rings is 1. The van der Waals surface area contributed by atoms with Gasteiger partial charge in [0.25, 0.3) is 11.8 Å². The van der Waals surface area contributed by atoms with Gasteiger partial charge < -0.3 is 14.9 Å². The van der Waals surface area contributed by atoms with Gasteiger partial charge in [0.15, 0.2) is 34.6 Å². The molecule has 3 fully saturated rings. The number of nitrogens with one attached hydrogen (secondary N) is 1. The van der Waals surface area contributed by atoms with E-state index in [-0.39, 0.29) is 23.5 Å². The van der Waals surface area contributed by atoms with E-state index in [0.717, 1.165) is 12.1 Å². The minimum Gasteiger partial charge on any atom is -0.503 e. The highest BCUT2D eigenvalue weighted by molar-refractivity contribution is 5.94. The second-order valence-electron chi connectivity index (χ2n) is 9.57. The molecule has 3 saturated carbocycles. The molecule has 2 aromatic heterocycles. The van der Waals surface area contributed by atoms with E-state index >= 15 is 0 Å². The Hall–Kier alpha value is -3.71. The van der Waals surface area contributed by atoms with Gasteiger partial charge in [-0.25, -0.2) is 8.78 Å². The number of fused-ring (bicyclic) bond motifs is 3. The summed E-state index contributed by atoms with van der Waals surface area (Å²) in [6.07, 6.45) is -0.759. The van der Waals surface area contributed by atoms with Gasteiger partial charge in [-0.15, -0.1) is 10.2 Å². The summed E-state index contributed by atoms with van der Waals surface area (Å²) in [5.74, 6) is -7.01. The zero-order valence-corrected chi connectivity index (χ0v) is 19.0. The summed E-state index contributed by atoms with van der Waals surface area (Å²) >= 11 is 0. The maximum absolute atomic E-state index is 14.0. The van der Waals surface area contributed by atoms with Crippen molar-refractivity contribution in [2.45, 2.75) is 50.1 Å². The molecule has 1 aromatic carbocycles. The molecule has 1 amide bonds. The molecule has 8 nitrogen and oxygen atoms in total. The van der Waals surface area contributed by atoms with Crippen molar-refractivity contribution in [3.05, 3.63) is 52.7 Å². The van der Waals surface area contributed by atoms with Crippen LogP contribution in [0.2, 0.25) is 0 Å². The fourth-order valence-corrected chi connectivity index (χ4v) is 5.12. The van der Waals surface area contributed by atoms with E-state index in [4.69, 9.17) is 9.63 Å². The number of phenols is 1. The molecule has 0 aliphatic heterocycles. The molecule has 0 radical (unpaired) electrons. The average Bonchev–Trinajstić information content (AvgIpc) is 3.40. The van der Waals surface area contributed by atoms with E-state index in [1.807, 2.05) is 0 Å². The number of aromatic nitrogens is 4. The number of halogens is 6. The average molecular weight is 527 g/mol. The third kappa shape index (κ3) is 4.37. The van der Waals surface area contributed by atoms with Crippen molar-refractivity contribution in [3.63, 3.8) is 0 Å². The number of aromatic hydroxyl groups is 1. The molecular formula is C23H19F6N5O3. The van der Waals surface area contributed by atoms with Gasteiger partial charge in [0, 0.05) is 12.0 Å². The first-order chi connectivity index (χ1) is 17.4. The number of carbonyl (C=O) groups excluding carboxylic acids is 1. The van der Waals surface area contributed by atoms with E-state index in [1.54, 1.807) is 0 Å². The molecule has 0 unspecified atom stereocenters. The molecule has 2 bridgehead atoms. The van der Waals surface area contributed by atoms with E-state index in [9.17, 15) is 31.1 Å². The van der Waals surface area contributed by atoms with Crippen LogP contribution in [0.5, 0.6) is 5.75 Å². The SMILES string of the molecule is O=C(NC[C@]12CC[C@](c3noc(-c4ccc(C(F)(F)F)nn4)n3)(CC1)CC2)c1cc(F)c(O)c(F)c1F. The summed E-state index contributed by atoms with van der Waals surface area (Å²) in [5, 5.41) is 22.5. The van der Waals surface area contributed by atoms with Crippen LogP contribution in [0.15, 0.2) is 22.7 Å². The van der Waals surface area contributed by atoms with Gasteiger partial charge in [0.1, 0.15) is 0 Å². The lowest BCUT2D eigenvalue weighted by atomic mass is 9.53. The lowest BCUT2D eigenvalue weighted by Crippen LogP contribution is -2.49. The quantitative estimate of drug-likeness (QED) is 0.366. The topological polar surface area (TPSA) is 114 Å². The van der Waals surface area contributed by atoms with Gasteiger partial charge in [0.2, 0.25) is 5.82 Å². The van der Waals surface area contributed by atoms with Gasteiger partial charge in [-0.3, -0.25) is 4.79 Å². The van der Waals surface area contributed by atoms with E-state index in [0.29, 0.717) is 50.4 Å². The Morgan fingerprint density at radius 2 is 1.70 bits per heavy atom. The summed E-state index contributed by atoms with van der Waals surface area (Å²) in [6.45, 7) is 0.157. The maximum Gasteiger partial charge on any atom is 0.435 e. The normalized spacial score (nSPS) is 23.3. The smallest absolute Gasteiger partial charge is 0.435 e. The molecule has 6 rings (SSSR count). The van der Waals surface area contributed by atoms with Gasteiger partial charge in [0.05, 0.1) is 5.56 Å². The lowest BCUT2D eigenvalue weighted by molar-refractivity contribution is -0.141. The van der Waals surface area contributed by atoms with Crippen molar-refractivity contribution >= 4 is 5.91 Å². The molecular weight excluding hydrogens is 508 g/mol. The largest absolute Gasteiger partial charge is 0.503 e. The summed E-state index contributed by atoms with van der Waals surface area (Å²) in [7, 11) is 0. The van der Waals surface area contributed by atoms with Gasteiger partial charge in [-0.05, 0) is 62.1 Å². The van der Waals surface area contributed by atoms with Crippen molar-refractivity contribution in [2.24, 2.45) is 5.41 Å². The minimum atomic E-state index is -4.62. The number of hydrogen-bond donors (Lipinski definition) is 2. The van der Waals surface area contributed by atoms with Crippen LogP contribution in [0, 0.1) is 22.9 Å². The molecule has 3 aliphatic carbocycles. The predicted octanol–water partition coefficient (Wildman–Crippen LogP) is 4.69. The number of hydrogen-bond acceptors (Lipinski definition) is 7. The fraction of sp³-hybridized carbons (Fsp3) is 0.435. The highest BCUT2D eigenvalue weighted by atomic mass is 19.4. The number of carbonyl (C=O) groups is 1. The highest BCUT2D eigenvalue weighted by Crippen LogP contribution is 2.57. The predicted molar refractivity (Wildman–Crippen MR) is 112 cm³/mol. The second-order valence-corrected chi connectivity index (χ2v) is 9.57. The van der Waals surface area contributed by atoms with E-state index < -0.39 is 52.0 Å². The molecule has 2 heterocycles. The number of phenolic OH excluding ortho intramolecular Hbond substituents is 1. The Morgan fingerprint density at radius 3 is 2.30 bits per heavy atom. The first-order valence-electron chi connectivity index (χ1n) is 11.3. The Kier molecular flexibility index (Phi) is 5.87. The Balaban J connectivity index is 1.24. The van der Waals surface area contributed by atoms with Crippen molar-refractivity contribution in [2.75, 3.05) is 6.54 Å². The molecule has 0 spiro atoms. The van der Waals surface area contributed by atoms with E-state index in [1.165, 1.54) is 0 Å². The third-order valence-corrected chi connectivity index (χ3v) is 7.48. The maximum atomic E-state index is 14.0. The second kappa shape index (κ2) is 8.70. The van der Waals surface area contributed by atoms with Gasteiger partial charge in [-0.2, -0.15) is 22.5 Å². The molecule has 37 heavy (non-hydrogen) atoms. The van der Waals surface area contributed by atoms with E-state index in [2.05, 4.69) is 25.7 Å². The Bertz CT molecular complexity index is 1330. The monoisotopic (exact) mass is 527 g/mol. The lowest BCUT2D eigenvalue weighted by Gasteiger charge is -2.52. The standard InChI is InChI=1S/C23H19F6N5O3/c24-12-9-11(15(25)16(26)17(12)35)18(36)30-10-21-3-6-22(7-4-21,8-5-21)20-31-19(37-34-20)13-1-2-14(33-32-13)23(27,28)29/h1-2,9,35H,3-8,10H2,(H,30,36)/t21-,22+. The number of nitrogens with zero attached hydrogens (tertiary/aromatic N) is 4. The van der Waals surface area contributed by atoms with Crippen molar-refractivity contribution < 1.29 is 40.8 Å². The number of alkyl halides is 3. The molecule has 2 N–H and O–H groups in total. The van der Waals surface area contributed by atoms with Crippen molar-refractivity contribution in [3.8, 4) is 17.3 Å². The van der Waals surface area contributed by atoms with Crippen molar-refractivity contribution in [1.82, 2.24) is 25.7 Å². The molecule has 3 aliphatic rings. The molecule has 3 aromatic rings. The Labute approximate surface area is 205 Å². The van der Waals surface area contributed by atoms with Crippen LogP contribution in [0.4, 0.5) is 26.3 Å². The fourth-order valence-electron chi connectivity index (χ4n) is 5.12. The summed E-state index contributed by atoms with van der Waals surface area (Å²) in [6, 6.07) is 2.33. The van der Waals surface area contributed by atoms with Gasteiger partial charge in [-0.1, -0.05) is 5.16 Å². The summed E-state index contributed by atoms with van der Waals surface area (Å²) < 4.78 is 84.6. The minimum absolute atomic E-state index is 0.0150. The van der Waals surface area contributed by atoms with Crippen LogP contribution in [-0.4, -0.2) is 37.9 Å². The summed E-state index contributed by atoms with van der Waals surface area (Å²) in [5.41, 5.74) is -2.69. The third-order valence-electron chi connectivity index (χ3n) is 7.48. The van der Waals surface area contributed by atoms with Crippen molar-refractivity contribution in [1.29, 1.82) is 0 Å². The highest BCUT2D eigenvalue weighted by Gasteiger charge is 2.51. The van der Waals surface area contributed by atoms with Gasteiger partial charge >= 0.3 is 6.18 Å². The zero-order valence-electron chi connectivity index (χ0n) is 19.0. The first kappa shape index (κ1) is 25.0. The zero-order chi connectivity index (χ0) is 26.6. The molecule has 14 heteroatoms. The number of amides is 1.